The van der Waals surface area contributed by atoms with Gasteiger partial charge in [-0.15, -0.1) is 0 Å². The number of hydrogen-bond acceptors (Lipinski definition) is 2. The van der Waals surface area contributed by atoms with E-state index >= 15 is 0 Å². The number of Topliss-reactive ketones (excluding diaryl/α,β-unsaturated/α-hetero) is 1. The molecule has 2 rings (SSSR count). The SMILES string of the molecule is CC(=O)Cc1cc(C)cc(Cl)c1OC1CC1. The molecule has 0 heterocycles. The van der Waals surface area contributed by atoms with Gasteiger partial charge in [0.05, 0.1) is 11.1 Å². The number of carbonyl (C=O) groups excluding carboxylic acids is 1. The zero-order chi connectivity index (χ0) is 11.7. The third-order valence-electron chi connectivity index (χ3n) is 2.51. The average molecular weight is 239 g/mol. The fraction of sp³-hybridized carbons (Fsp3) is 0.462. The van der Waals surface area contributed by atoms with Gasteiger partial charge >= 0.3 is 0 Å². The summed E-state index contributed by atoms with van der Waals surface area (Å²) in [4.78, 5) is 11.2. The van der Waals surface area contributed by atoms with Gasteiger partial charge in [-0.25, -0.2) is 0 Å². The lowest BCUT2D eigenvalue weighted by Crippen LogP contribution is -2.04. The highest BCUT2D eigenvalue weighted by Crippen LogP contribution is 2.36. The molecule has 1 aliphatic carbocycles. The van der Waals surface area contributed by atoms with E-state index in [0.717, 1.165) is 24.0 Å². The molecule has 0 atom stereocenters. The largest absolute Gasteiger partial charge is 0.489 e. The molecule has 0 unspecified atom stereocenters. The Morgan fingerprint density at radius 3 is 2.75 bits per heavy atom. The number of carbonyl (C=O) groups is 1. The van der Waals surface area contributed by atoms with E-state index in [-0.39, 0.29) is 5.78 Å². The Balaban J connectivity index is 2.32. The van der Waals surface area contributed by atoms with Gasteiger partial charge in [0.2, 0.25) is 0 Å². The minimum absolute atomic E-state index is 0.127. The second kappa shape index (κ2) is 4.46. The number of halogens is 1. The molecular formula is C13H15ClO2. The first kappa shape index (κ1) is 11.5. The predicted octanol–water partition coefficient (Wildman–Crippen LogP) is 3.32. The summed E-state index contributed by atoms with van der Waals surface area (Å²) in [5, 5.41) is 0.614. The Morgan fingerprint density at radius 2 is 2.19 bits per heavy atom. The summed E-state index contributed by atoms with van der Waals surface area (Å²) in [6, 6.07) is 3.86. The van der Waals surface area contributed by atoms with Crippen LogP contribution in [0.25, 0.3) is 0 Å². The van der Waals surface area contributed by atoms with Crippen molar-refractivity contribution in [2.45, 2.75) is 39.2 Å². The van der Waals surface area contributed by atoms with Gasteiger partial charge in [0.15, 0.2) is 0 Å². The summed E-state index contributed by atoms with van der Waals surface area (Å²) in [5.41, 5.74) is 1.97. The Labute approximate surface area is 101 Å². The van der Waals surface area contributed by atoms with Crippen LogP contribution in [-0.4, -0.2) is 11.9 Å². The Morgan fingerprint density at radius 1 is 1.50 bits per heavy atom. The van der Waals surface area contributed by atoms with Crippen molar-refractivity contribution in [3.63, 3.8) is 0 Å². The first-order valence-electron chi connectivity index (χ1n) is 5.51. The van der Waals surface area contributed by atoms with Crippen LogP contribution in [-0.2, 0) is 11.2 Å². The van der Waals surface area contributed by atoms with E-state index < -0.39 is 0 Å². The van der Waals surface area contributed by atoms with Crippen molar-refractivity contribution in [2.24, 2.45) is 0 Å². The van der Waals surface area contributed by atoms with Gasteiger partial charge in [0.1, 0.15) is 11.5 Å². The van der Waals surface area contributed by atoms with E-state index in [2.05, 4.69) is 0 Å². The molecule has 0 bridgehead atoms. The Bertz CT molecular complexity index is 422. The quantitative estimate of drug-likeness (QED) is 0.805. The molecule has 3 heteroatoms. The van der Waals surface area contributed by atoms with Crippen LogP contribution < -0.4 is 4.74 Å². The highest BCUT2D eigenvalue weighted by atomic mass is 35.5. The number of benzene rings is 1. The molecular weight excluding hydrogens is 224 g/mol. The second-order valence-corrected chi connectivity index (χ2v) is 4.84. The summed E-state index contributed by atoms with van der Waals surface area (Å²) in [6.07, 6.45) is 2.86. The summed E-state index contributed by atoms with van der Waals surface area (Å²) in [6.45, 7) is 3.55. The normalized spacial score (nSPS) is 14.9. The lowest BCUT2D eigenvalue weighted by Gasteiger charge is -2.13. The maximum Gasteiger partial charge on any atom is 0.141 e. The predicted molar refractivity (Wildman–Crippen MR) is 64.2 cm³/mol. The Hall–Kier alpha value is -1.02. The Kier molecular flexibility index (Phi) is 3.20. The molecule has 1 saturated carbocycles. The highest BCUT2D eigenvalue weighted by molar-refractivity contribution is 6.32. The van der Waals surface area contributed by atoms with Gasteiger partial charge in [0.25, 0.3) is 0 Å². The number of aryl methyl sites for hydroxylation is 1. The zero-order valence-electron chi connectivity index (χ0n) is 9.55. The molecule has 16 heavy (non-hydrogen) atoms. The first-order valence-corrected chi connectivity index (χ1v) is 5.89. The van der Waals surface area contributed by atoms with Crippen LogP contribution in [0.3, 0.4) is 0 Å². The van der Waals surface area contributed by atoms with Gasteiger partial charge in [-0.05, 0) is 38.3 Å². The van der Waals surface area contributed by atoms with Gasteiger partial charge in [0, 0.05) is 12.0 Å². The van der Waals surface area contributed by atoms with E-state index in [0.29, 0.717) is 23.3 Å². The molecule has 1 aliphatic rings. The maximum absolute atomic E-state index is 11.2. The maximum atomic E-state index is 11.2. The van der Waals surface area contributed by atoms with Crippen molar-refractivity contribution in [3.05, 3.63) is 28.3 Å². The average Bonchev–Trinajstić information content (AvgIpc) is 2.93. The minimum Gasteiger partial charge on any atom is -0.489 e. The standard InChI is InChI=1S/C13H15ClO2/c1-8-5-10(7-9(2)15)13(12(14)6-8)16-11-3-4-11/h5-6,11H,3-4,7H2,1-2H3. The molecule has 86 valence electrons. The van der Waals surface area contributed by atoms with Crippen LogP contribution in [0, 0.1) is 6.92 Å². The summed E-state index contributed by atoms with van der Waals surface area (Å²) < 4.78 is 5.76. The highest BCUT2D eigenvalue weighted by Gasteiger charge is 2.26. The molecule has 1 aromatic carbocycles. The molecule has 0 saturated heterocycles. The van der Waals surface area contributed by atoms with Crippen LogP contribution >= 0.6 is 11.6 Å². The summed E-state index contributed by atoms with van der Waals surface area (Å²) in [7, 11) is 0. The smallest absolute Gasteiger partial charge is 0.141 e. The molecule has 0 N–H and O–H groups in total. The first-order chi connectivity index (χ1) is 7.56. The van der Waals surface area contributed by atoms with Crippen molar-refractivity contribution in [2.75, 3.05) is 0 Å². The van der Waals surface area contributed by atoms with Crippen molar-refractivity contribution < 1.29 is 9.53 Å². The fourth-order valence-electron chi connectivity index (χ4n) is 1.68. The van der Waals surface area contributed by atoms with E-state index in [4.69, 9.17) is 16.3 Å². The van der Waals surface area contributed by atoms with Crippen LogP contribution in [0.15, 0.2) is 12.1 Å². The second-order valence-electron chi connectivity index (χ2n) is 4.43. The molecule has 0 aliphatic heterocycles. The zero-order valence-corrected chi connectivity index (χ0v) is 10.3. The van der Waals surface area contributed by atoms with E-state index in [1.54, 1.807) is 6.92 Å². The number of hydrogen-bond donors (Lipinski definition) is 0. The molecule has 2 nitrogen and oxygen atoms in total. The van der Waals surface area contributed by atoms with Crippen LogP contribution in [0.4, 0.5) is 0 Å². The van der Waals surface area contributed by atoms with Gasteiger partial charge < -0.3 is 4.74 Å². The van der Waals surface area contributed by atoms with Gasteiger partial charge in [-0.1, -0.05) is 17.7 Å². The summed E-state index contributed by atoms with van der Waals surface area (Å²) in [5.74, 6) is 0.826. The van der Waals surface area contributed by atoms with E-state index in [1.165, 1.54) is 0 Å². The van der Waals surface area contributed by atoms with Gasteiger partial charge in [-0.2, -0.15) is 0 Å². The topological polar surface area (TPSA) is 26.3 Å². The third-order valence-corrected chi connectivity index (χ3v) is 2.79. The molecule has 0 radical (unpaired) electrons. The minimum atomic E-state index is 0.127. The summed E-state index contributed by atoms with van der Waals surface area (Å²) >= 11 is 6.15. The van der Waals surface area contributed by atoms with E-state index in [1.807, 2.05) is 19.1 Å². The molecule has 0 amide bonds. The van der Waals surface area contributed by atoms with E-state index in [9.17, 15) is 4.79 Å². The lowest BCUT2D eigenvalue weighted by molar-refractivity contribution is -0.116. The lowest BCUT2D eigenvalue weighted by atomic mass is 10.1. The van der Waals surface area contributed by atoms with Crippen LogP contribution in [0.2, 0.25) is 5.02 Å². The third kappa shape index (κ3) is 2.76. The number of ketones is 1. The molecule has 0 spiro atoms. The monoisotopic (exact) mass is 238 g/mol. The molecule has 1 fully saturated rings. The van der Waals surface area contributed by atoms with Crippen molar-refractivity contribution in [3.8, 4) is 5.75 Å². The molecule has 0 aromatic heterocycles. The van der Waals surface area contributed by atoms with Crippen LogP contribution in [0.5, 0.6) is 5.75 Å². The van der Waals surface area contributed by atoms with Crippen molar-refractivity contribution >= 4 is 17.4 Å². The van der Waals surface area contributed by atoms with Gasteiger partial charge in [-0.3, -0.25) is 4.79 Å². The van der Waals surface area contributed by atoms with Crippen molar-refractivity contribution in [1.29, 1.82) is 0 Å². The number of ether oxygens (including phenoxy) is 1. The molecule has 1 aromatic rings. The van der Waals surface area contributed by atoms with Crippen molar-refractivity contribution in [1.82, 2.24) is 0 Å². The number of rotatable bonds is 4. The van der Waals surface area contributed by atoms with Crippen LogP contribution in [0.1, 0.15) is 30.9 Å². The fourth-order valence-corrected chi connectivity index (χ4v) is 2.02.